The third-order valence-electron chi connectivity index (χ3n) is 5.63. The second kappa shape index (κ2) is 12.7. The fourth-order valence-corrected chi connectivity index (χ4v) is 3.71. The van der Waals surface area contributed by atoms with Gasteiger partial charge in [-0.1, -0.05) is 12.1 Å². The number of benzene rings is 1. The molecule has 1 fully saturated rings. The van der Waals surface area contributed by atoms with Crippen LogP contribution < -0.4 is 16.4 Å². The lowest BCUT2D eigenvalue weighted by molar-refractivity contribution is -0.145. The lowest BCUT2D eigenvalue weighted by Gasteiger charge is -2.29. The molecule has 2 rings (SSSR count). The summed E-state index contributed by atoms with van der Waals surface area (Å²) >= 11 is 0. The molecule has 4 atom stereocenters. The molecule has 0 bridgehead atoms. The number of aliphatic carboxylic acids is 2. The zero-order valence-corrected chi connectivity index (χ0v) is 18.9. The van der Waals surface area contributed by atoms with E-state index in [0.29, 0.717) is 12.0 Å². The fraction of sp³-hybridized carbons (Fsp3) is 0.500. The molecule has 1 aromatic rings. The van der Waals surface area contributed by atoms with Gasteiger partial charge in [0, 0.05) is 19.4 Å². The van der Waals surface area contributed by atoms with Crippen LogP contribution in [0.5, 0.6) is 5.75 Å². The van der Waals surface area contributed by atoms with E-state index in [1.807, 2.05) is 0 Å². The Morgan fingerprint density at radius 3 is 2.29 bits per heavy atom. The van der Waals surface area contributed by atoms with Crippen molar-refractivity contribution in [3.05, 3.63) is 29.8 Å². The SMILES string of the molecule is NC(CCC(=O)O)C(=O)NC(CO)C(=O)N1CCCC1C(=O)NC(Cc1ccc(O)cc1)C(=O)O. The van der Waals surface area contributed by atoms with Gasteiger partial charge in [-0.3, -0.25) is 19.2 Å². The largest absolute Gasteiger partial charge is 0.508 e. The van der Waals surface area contributed by atoms with Crippen molar-refractivity contribution in [2.45, 2.75) is 56.3 Å². The standard InChI is InChI=1S/C22H30N4O9/c23-14(7-8-18(29)30)19(31)25-16(11-27)21(33)26-9-1-2-17(26)20(32)24-15(22(34)35)10-12-3-5-13(28)6-4-12/h3-6,14-17,27-28H,1-2,7-11,23H2,(H,24,32)(H,25,31)(H,29,30)(H,34,35). The number of nitrogens with two attached hydrogens (primary N) is 1. The van der Waals surface area contributed by atoms with Gasteiger partial charge in [0.15, 0.2) is 0 Å². The summed E-state index contributed by atoms with van der Waals surface area (Å²) in [4.78, 5) is 61.5. The van der Waals surface area contributed by atoms with Crippen LogP contribution in [-0.2, 0) is 30.4 Å². The molecule has 192 valence electrons. The van der Waals surface area contributed by atoms with E-state index >= 15 is 0 Å². The van der Waals surface area contributed by atoms with Crippen LogP contribution in [0.2, 0.25) is 0 Å². The minimum Gasteiger partial charge on any atom is -0.508 e. The topological polar surface area (TPSA) is 220 Å². The highest BCUT2D eigenvalue weighted by Crippen LogP contribution is 2.19. The van der Waals surface area contributed by atoms with Crippen LogP contribution >= 0.6 is 0 Å². The molecule has 35 heavy (non-hydrogen) atoms. The Morgan fingerprint density at radius 2 is 1.71 bits per heavy atom. The quantitative estimate of drug-likeness (QED) is 0.172. The van der Waals surface area contributed by atoms with Crippen LogP contribution in [0.1, 0.15) is 31.2 Å². The van der Waals surface area contributed by atoms with Gasteiger partial charge in [0.05, 0.1) is 12.6 Å². The molecule has 0 saturated carbocycles. The van der Waals surface area contributed by atoms with Crippen molar-refractivity contribution in [1.29, 1.82) is 0 Å². The van der Waals surface area contributed by atoms with Crippen molar-refractivity contribution < 1.29 is 44.4 Å². The monoisotopic (exact) mass is 494 g/mol. The highest BCUT2D eigenvalue weighted by molar-refractivity contribution is 5.94. The van der Waals surface area contributed by atoms with Crippen molar-refractivity contribution >= 4 is 29.7 Å². The van der Waals surface area contributed by atoms with E-state index in [1.165, 1.54) is 29.2 Å². The van der Waals surface area contributed by atoms with E-state index < -0.39 is 60.4 Å². The summed E-state index contributed by atoms with van der Waals surface area (Å²) in [5.41, 5.74) is 6.20. The molecule has 1 aromatic carbocycles. The Morgan fingerprint density at radius 1 is 1.06 bits per heavy atom. The molecule has 3 amide bonds. The number of amides is 3. The number of phenolic OH excluding ortho intramolecular Hbond substituents is 1. The molecule has 13 heteroatoms. The summed E-state index contributed by atoms with van der Waals surface area (Å²) in [5.74, 6) is -4.66. The van der Waals surface area contributed by atoms with Crippen LogP contribution in [0.15, 0.2) is 24.3 Å². The van der Waals surface area contributed by atoms with Crippen LogP contribution in [-0.4, -0.2) is 92.3 Å². The number of carbonyl (C=O) groups excluding carboxylic acids is 3. The van der Waals surface area contributed by atoms with Gasteiger partial charge in [0.1, 0.15) is 23.9 Å². The predicted molar refractivity (Wildman–Crippen MR) is 120 cm³/mol. The van der Waals surface area contributed by atoms with E-state index in [9.17, 15) is 39.3 Å². The number of phenols is 1. The maximum Gasteiger partial charge on any atom is 0.326 e. The number of aliphatic hydroxyl groups is 1. The number of nitrogens with one attached hydrogen (secondary N) is 2. The van der Waals surface area contributed by atoms with Crippen LogP contribution in [0.3, 0.4) is 0 Å². The molecule has 0 aliphatic carbocycles. The number of nitrogens with zero attached hydrogens (tertiary/aromatic N) is 1. The zero-order chi connectivity index (χ0) is 26.1. The van der Waals surface area contributed by atoms with Crippen molar-refractivity contribution in [2.24, 2.45) is 5.73 Å². The van der Waals surface area contributed by atoms with E-state index in [4.69, 9.17) is 10.8 Å². The number of likely N-dealkylation sites (tertiary alicyclic amines) is 1. The third kappa shape index (κ3) is 7.93. The second-order valence-electron chi connectivity index (χ2n) is 8.24. The Bertz CT molecular complexity index is 937. The van der Waals surface area contributed by atoms with E-state index in [2.05, 4.69) is 10.6 Å². The summed E-state index contributed by atoms with van der Waals surface area (Å²) < 4.78 is 0. The average Bonchev–Trinajstić information content (AvgIpc) is 3.31. The maximum absolute atomic E-state index is 13.0. The number of aromatic hydroxyl groups is 1. The molecule has 1 aliphatic heterocycles. The van der Waals surface area contributed by atoms with E-state index in [1.54, 1.807) is 0 Å². The molecule has 1 heterocycles. The lowest BCUT2D eigenvalue weighted by Crippen LogP contribution is -2.58. The van der Waals surface area contributed by atoms with E-state index in [0.717, 1.165) is 0 Å². The van der Waals surface area contributed by atoms with Gasteiger partial charge >= 0.3 is 11.9 Å². The lowest BCUT2D eigenvalue weighted by atomic mass is 10.0. The zero-order valence-electron chi connectivity index (χ0n) is 18.9. The Balaban J connectivity index is 2.03. The molecular formula is C22H30N4O9. The summed E-state index contributed by atoms with van der Waals surface area (Å²) in [6, 6.07) is 0.938. The number of carboxylic acid groups (broad SMARTS) is 2. The van der Waals surface area contributed by atoms with Gasteiger partial charge in [-0.05, 0) is 37.0 Å². The number of hydrogen-bond donors (Lipinski definition) is 7. The summed E-state index contributed by atoms with van der Waals surface area (Å²) in [6.45, 7) is -0.621. The molecule has 1 aliphatic rings. The molecule has 1 saturated heterocycles. The van der Waals surface area contributed by atoms with E-state index in [-0.39, 0.29) is 38.0 Å². The first-order chi connectivity index (χ1) is 16.5. The molecule has 4 unspecified atom stereocenters. The van der Waals surface area contributed by atoms with Gasteiger partial charge in [-0.25, -0.2) is 4.79 Å². The third-order valence-corrected chi connectivity index (χ3v) is 5.63. The Kier molecular flexibility index (Phi) is 9.97. The molecule has 0 radical (unpaired) electrons. The number of rotatable bonds is 12. The van der Waals surface area contributed by atoms with Gasteiger partial charge in [0.2, 0.25) is 17.7 Å². The Hall–Kier alpha value is -3.71. The molecule has 8 N–H and O–H groups in total. The smallest absolute Gasteiger partial charge is 0.326 e. The van der Waals surface area contributed by atoms with Crippen LogP contribution in [0.4, 0.5) is 0 Å². The predicted octanol–water partition coefficient (Wildman–Crippen LogP) is -1.84. The fourth-order valence-electron chi connectivity index (χ4n) is 3.71. The highest BCUT2D eigenvalue weighted by Gasteiger charge is 2.39. The molecule has 0 spiro atoms. The second-order valence-corrected chi connectivity index (χ2v) is 8.24. The maximum atomic E-state index is 13.0. The summed E-state index contributed by atoms with van der Waals surface area (Å²) in [5, 5.41) is 42.0. The van der Waals surface area contributed by atoms with Crippen molar-refractivity contribution in [3.8, 4) is 5.75 Å². The molecule has 13 nitrogen and oxygen atoms in total. The normalized spacial score (nSPS) is 17.8. The first kappa shape index (κ1) is 27.5. The van der Waals surface area contributed by atoms with Gasteiger partial charge in [-0.15, -0.1) is 0 Å². The molecule has 0 aromatic heterocycles. The minimum atomic E-state index is -1.40. The van der Waals surface area contributed by atoms with Gasteiger partial charge in [-0.2, -0.15) is 0 Å². The highest BCUT2D eigenvalue weighted by atomic mass is 16.4. The van der Waals surface area contributed by atoms with Gasteiger partial charge < -0.3 is 41.7 Å². The minimum absolute atomic E-state index is 0.0122. The van der Waals surface area contributed by atoms with Crippen molar-refractivity contribution in [1.82, 2.24) is 15.5 Å². The van der Waals surface area contributed by atoms with Gasteiger partial charge in [0.25, 0.3) is 0 Å². The van der Waals surface area contributed by atoms with Crippen molar-refractivity contribution in [2.75, 3.05) is 13.2 Å². The first-order valence-corrected chi connectivity index (χ1v) is 11.0. The summed E-state index contributed by atoms with van der Waals surface area (Å²) in [6.07, 6.45) is 0.137. The number of carboxylic acids is 2. The number of carbonyl (C=O) groups is 5. The first-order valence-electron chi connectivity index (χ1n) is 11.0. The van der Waals surface area contributed by atoms with Crippen molar-refractivity contribution in [3.63, 3.8) is 0 Å². The van der Waals surface area contributed by atoms with Crippen LogP contribution in [0.25, 0.3) is 0 Å². The number of aliphatic hydroxyl groups excluding tert-OH is 1. The Labute approximate surface area is 200 Å². The number of hydrogen-bond acceptors (Lipinski definition) is 8. The molecular weight excluding hydrogens is 464 g/mol. The van der Waals surface area contributed by atoms with Crippen LogP contribution in [0, 0.1) is 0 Å². The summed E-state index contributed by atoms with van der Waals surface area (Å²) in [7, 11) is 0. The average molecular weight is 495 g/mol.